The molecule has 0 spiro atoms. The molecule has 0 aromatic heterocycles. The summed E-state index contributed by atoms with van der Waals surface area (Å²) >= 11 is 5.66. The molecule has 0 radical (unpaired) electrons. The molecule has 1 N–H and O–H groups in total. The summed E-state index contributed by atoms with van der Waals surface area (Å²) in [4.78, 5) is 32.9. The summed E-state index contributed by atoms with van der Waals surface area (Å²) in [6.45, 7) is 0. The Balaban J connectivity index is 2.71. The van der Waals surface area contributed by atoms with Crippen LogP contribution < -0.4 is 0 Å². The second kappa shape index (κ2) is 3.06. The minimum atomic E-state index is -1.23. The fourth-order valence-electron chi connectivity index (χ4n) is 1.29. The minimum absolute atomic E-state index is 0.0772. The fourth-order valence-corrected chi connectivity index (χ4v) is 1.59. The number of carbonyl (C=O) groups excluding carboxylic acids is 2. The number of rotatable bonds is 1. The predicted molar refractivity (Wildman–Crippen MR) is 48.2 cm³/mol. The Labute approximate surface area is 88.2 Å². The Morgan fingerprint density at radius 1 is 1.27 bits per heavy atom. The van der Waals surface area contributed by atoms with Crippen molar-refractivity contribution >= 4 is 29.5 Å². The van der Waals surface area contributed by atoms with Crippen LogP contribution in [0.1, 0.15) is 31.1 Å². The average Bonchev–Trinajstić information content (AvgIpc) is 2.42. The molecule has 0 unspecified atom stereocenters. The van der Waals surface area contributed by atoms with E-state index in [-0.39, 0.29) is 21.7 Å². The molecule has 0 saturated heterocycles. The number of fused-ring (bicyclic) bond motifs is 1. The summed E-state index contributed by atoms with van der Waals surface area (Å²) in [6.07, 6.45) is 0. The molecule has 2 rings (SSSR count). The van der Waals surface area contributed by atoms with Crippen LogP contribution in [0.3, 0.4) is 0 Å². The van der Waals surface area contributed by atoms with Crippen LogP contribution in [0.15, 0.2) is 12.1 Å². The number of carbonyl (C=O) groups is 3. The molecule has 15 heavy (non-hydrogen) atoms. The molecule has 76 valence electrons. The van der Waals surface area contributed by atoms with E-state index in [9.17, 15) is 14.4 Å². The van der Waals surface area contributed by atoms with Crippen molar-refractivity contribution in [3.63, 3.8) is 0 Å². The second-order valence-corrected chi connectivity index (χ2v) is 3.27. The first kappa shape index (κ1) is 9.67. The van der Waals surface area contributed by atoms with E-state index in [4.69, 9.17) is 16.7 Å². The van der Waals surface area contributed by atoms with Crippen LogP contribution >= 0.6 is 11.6 Å². The van der Waals surface area contributed by atoms with Gasteiger partial charge < -0.3 is 9.84 Å². The van der Waals surface area contributed by atoms with E-state index in [1.54, 1.807) is 0 Å². The van der Waals surface area contributed by atoms with Crippen molar-refractivity contribution in [3.8, 4) is 0 Å². The first-order valence-corrected chi connectivity index (χ1v) is 4.22. The summed E-state index contributed by atoms with van der Waals surface area (Å²) in [7, 11) is 0. The third kappa shape index (κ3) is 1.37. The van der Waals surface area contributed by atoms with E-state index in [0.29, 0.717) is 0 Å². The van der Waals surface area contributed by atoms with E-state index in [1.807, 2.05) is 0 Å². The van der Waals surface area contributed by atoms with E-state index < -0.39 is 17.9 Å². The van der Waals surface area contributed by atoms with Gasteiger partial charge in [-0.25, -0.2) is 14.4 Å². The zero-order chi connectivity index (χ0) is 11.2. The molecule has 5 nitrogen and oxygen atoms in total. The highest BCUT2D eigenvalue weighted by Crippen LogP contribution is 2.28. The third-order valence-electron chi connectivity index (χ3n) is 1.95. The Morgan fingerprint density at radius 3 is 2.53 bits per heavy atom. The van der Waals surface area contributed by atoms with Gasteiger partial charge in [0.25, 0.3) is 0 Å². The Hall–Kier alpha value is -1.88. The van der Waals surface area contributed by atoms with Gasteiger partial charge in [0.05, 0.1) is 21.7 Å². The van der Waals surface area contributed by atoms with Crippen molar-refractivity contribution in [1.82, 2.24) is 0 Å². The molecule has 1 aromatic rings. The van der Waals surface area contributed by atoms with Crippen LogP contribution in [0.25, 0.3) is 0 Å². The van der Waals surface area contributed by atoms with Gasteiger partial charge in [0.15, 0.2) is 0 Å². The monoisotopic (exact) mass is 226 g/mol. The lowest BCUT2D eigenvalue weighted by Gasteiger charge is -1.98. The number of carboxylic acid groups (broad SMARTS) is 1. The van der Waals surface area contributed by atoms with Crippen LogP contribution in [0.2, 0.25) is 5.02 Å². The maximum absolute atomic E-state index is 11.1. The maximum Gasteiger partial charge on any atom is 0.348 e. The van der Waals surface area contributed by atoms with Crippen molar-refractivity contribution in [2.24, 2.45) is 0 Å². The lowest BCUT2D eigenvalue weighted by molar-refractivity contribution is 0.0443. The first-order valence-electron chi connectivity index (χ1n) is 3.84. The summed E-state index contributed by atoms with van der Waals surface area (Å²) in [5.41, 5.74) is -0.345. The molecule has 0 saturated carbocycles. The molecule has 0 atom stereocenters. The lowest BCUT2D eigenvalue weighted by Crippen LogP contribution is -2.01. The summed E-state index contributed by atoms with van der Waals surface area (Å²) in [5, 5.41) is 8.60. The van der Waals surface area contributed by atoms with E-state index in [0.717, 1.165) is 12.1 Å². The summed E-state index contributed by atoms with van der Waals surface area (Å²) in [6, 6.07) is 2.17. The molecule has 0 aliphatic carbocycles. The Morgan fingerprint density at radius 2 is 1.93 bits per heavy atom. The largest absolute Gasteiger partial charge is 0.478 e. The van der Waals surface area contributed by atoms with Crippen LogP contribution in [0.5, 0.6) is 0 Å². The average molecular weight is 227 g/mol. The standard InChI is InChI=1S/C9H3ClO5/c10-5-2-3(7(11)12)1-4-6(5)9(14)15-8(4)13/h1-2H,(H,11,12). The number of halogens is 1. The maximum atomic E-state index is 11.1. The summed E-state index contributed by atoms with van der Waals surface area (Å²) < 4.78 is 4.29. The zero-order valence-corrected chi connectivity index (χ0v) is 7.87. The highest BCUT2D eigenvalue weighted by Gasteiger charge is 2.33. The number of benzene rings is 1. The molecule has 1 heterocycles. The molecule has 0 bridgehead atoms. The highest BCUT2D eigenvalue weighted by atomic mass is 35.5. The lowest BCUT2D eigenvalue weighted by atomic mass is 10.1. The predicted octanol–water partition coefficient (Wildman–Crippen LogP) is 1.35. The van der Waals surface area contributed by atoms with Gasteiger partial charge in [-0.15, -0.1) is 0 Å². The summed E-state index contributed by atoms with van der Waals surface area (Å²) in [5.74, 6) is -2.95. The van der Waals surface area contributed by atoms with Gasteiger partial charge in [-0.2, -0.15) is 0 Å². The quantitative estimate of drug-likeness (QED) is 0.577. The van der Waals surface area contributed by atoms with E-state index >= 15 is 0 Å². The number of hydrogen-bond acceptors (Lipinski definition) is 4. The number of cyclic esters (lactones) is 2. The molecule has 1 aliphatic rings. The zero-order valence-electron chi connectivity index (χ0n) is 7.11. The van der Waals surface area contributed by atoms with Crippen molar-refractivity contribution in [3.05, 3.63) is 33.8 Å². The number of ether oxygens (including phenoxy) is 1. The van der Waals surface area contributed by atoms with Gasteiger partial charge in [-0.3, -0.25) is 0 Å². The van der Waals surface area contributed by atoms with E-state index in [2.05, 4.69) is 4.74 Å². The van der Waals surface area contributed by atoms with Crippen LogP contribution in [0.4, 0.5) is 0 Å². The number of carboxylic acids is 1. The number of aromatic carboxylic acids is 1. The van der Waals surface area contributed by atoms with Crippen molar-refractivity contribution < 1.29 is 24.2 Å². The fraction of sp³-hybridized carbons (Fsp3) is 0. The van der Waals surface area contributed by atoms with Gasteiger partial charge in [0.1, 0.15) is 0 Å². The van der Waals surface area contributed by atoms with Crippen LogP contribution in [-0.2, 0) is 4.74 Å². The first-order chi connectivity index (χ1) is 7.00. The van der Waals surface area contributed by atoms with Gasteiger partial charge >= 0.3 is 17.9 Å². The van der Waals surface area contributed by atoms with Crippen molar-refractivity contribution in [1.29, 1.82) is 0 Å². The van der Waals surface area contributed by atoms with Crippen molar-refractivity contribution in [2.75, 3.05) is 0 Å². The molecule has 1 aromatic carbocycles. The molecule has 0 fully saturated rings. The number of esters is 2. The minimum Gasteiger partial charge on any atom is -0.478 e. The normalized spacial score (nSPS) is 13.7. The number of hydrogen-bond donors (Lipinski definition) is 1. The van der Waals surface area contributed by atoms with Crippen LogP contribution in [0, 0.1) is 0 Å². The van der Waals surface area contributed by atoms with Gasteiger partial charge in [0, 0.05) is 0 Å². The smallest absolute Gasteiger partial charge is 0.348 e. The van der Waals surface area contributed by atoms with Crippen molar-refractivity contribution in [2.45, 2.75) is 0 Å². The molecular weight excluding hydrogens is 224 g/mol. The molecule has 0 amide bonds. The molecule has 1 aliphatic heterocycles. The van der Waals surface area contributed by atoms with Gasteiger partial charge in [-0.05, 0) is 12.1 Å². The van der Waals surface area contributed by atoms with Gasteiger partial charge in [-0.1, -0.05) is 11.6 Å². The SMILES string of the molecule is O=C(O)c1cc(Cl)c2c(c1)C(=O)OC2=O. The van der Waals surface area contributed by atoms with Gasteiger partial charge in [0.2, 0.25) is 0 Å². The third-order valence-corrected chi connectivity index (χ3v) is 2.24. The molecular formula is C9H3ClO5. The second-order valence-electron chi connectivity index (χ2n) is 2.86. The Bertz CT molecular complexity index is 505. The van der Waals surface area contributed by atoms with E-state index in [1.165, 1.54) is 0 Å². The Kier molecular flexibility index (Phi) is 1.97. The highest BCUT2D eigenvalue weighted by molar-refractivity contribution is 6.36. The topological polar surface area (TPSA) is 80.7 Å². The molecule has 6 heteroatoms. The van der Waals surface area contributed by atoms with Crippen LogP contribution in [-0.4, -0.2) is 23.0 Å².